The molecule has 0 saturated carbocycles. The second-order valence-corrected chi connectivity index (χ2v) is 14.6. The van der Waals surface area contributed by atoms with Gasteiger partial charge in [0.15, 0.2) is 6.10 Å². The van der Waals surface area contributed by atoms with Crippen LogP contribution in [0.15, 0.2) is 24.3 Å². The summed E-state index contributed by atoms with van der Waals surface area (Å²) >= 11 is 0. The first-order chi connectivity index (χ1) is 24.1. The molecule has 2 unspecified atom stereocenters. The van der Waals surface area contributed by atoms with E-state index in [0.717, 1.165) is 64.2 Å². The lowest BCUT2D eigenvalue weighted by Gasteiger charge is -2.25. The second kappa shape index (κ2) is 33.9. The molecular formula is C41H76NO8+. The maximum atomic E-state index is 12.7. The molecule has 9 nitrogen and oxygen atoms in total. The minimum absolute atomic E-state index is 0.185. The number of carboxylic acid groups (broad SMARTS) is 1. The number of aliphatic carboxylic acids is 1. The van der Waals surface area contributed by atoms with Crippen LogP contribution in [0, 0.1) is 0 Å². The van der Waals surface area contributed by atoms with E-state index in [1.54, 1.807) is 0 Å². The Balaban J connectivity index is 4.54. The fourth-order valence-corrected chi connectivity index (χ4v) is 5.26. The number of likely N-dealkylation sites (N-methyl/N-ethyl adjacent to an activating group) is 1. The normalized spacial score (nSPS) is 13.2. The highest BCUT2D eigenvalue weighted by Gasteiger charge is 2.25. The number of hydrogen-bond acceptors (Lipinski definition) is 7. The standard InChI is InChI=1S/C41H75NO8/c1-6-8-10-12-14-16-18-19-20-22-24-26-28-30-32-39(44)50-37(36-49-41(40(45)46)47-34-33-42(3,4)5)35-48-38(43)31-29-27-25-23-21-17-15-13-11-9-7-2/h12,14,18-19,37,41H,6-11,13,15-17,20-36H2,1-5H3/p+1/b14-12-,19-18-. The zero-order valence-corrected chi connectivity index (χ0v) is 32.8. The van der Waals surface area contributed by atoms with Crippen molar-refractivity contribution in [1.82, 2.24) is 0 Å². The molecule has 2 atom stereocenters. The number of quaternary nitrogens is 1. The van der Waals surface area contributed by atoms with Gasteiger partial charge in [0.05, 0.1) is 34.4 Å². The van der Waals surface area contributed by atoms with Gasteiger partial charge in [0, 0.05) is 12.8 Å². The molecule has 0 saturated heterocycles. The highest BCUT2D eigenvalue weighted by atomic mass is 16.7. The molecule has 0 aromatic carbocycles. The number of esters is 2. The Hall–Kier alpha value is -2.23. The number of carbonyl (C=O) groups is 3. The highest BCUT2D eigenvalue weighted by molar-refractivity contribution is 5.71. The van der Waals surface area contributed by atoms with Crippen LogP contribution in [-0.4, -0.2) is 87.4 Å². The summed E-state index contributed by atoms with van der Waals surface area (Å²) in [6, 6.07) is 0. The number of nitrogens with zero attached hydrogens (tertiary/aromatic N) is 1. The van der Waals surface area contributed by atoms with Gasteiger partial charge < -0.3 is 28.5 Å². The lowest BCUT2D eigenvalue weighted by atomic mass is 10.1. The van der Waals surface area contributed by atoms with Crippen LogP contribution in [0.4, 0.5) is 0 Å². The lowest BCUT2D eigenvalue weighted by molar-refractivity contribution is -0.870. The van der Waals surface area contributed by atoms with Gasteiger partial charge in [-0.3, -0.25) is 9.59 Å². The van der Waals surface area contributed by atoms with Crippen molar-refractivity contribution >= 4 is 17.9 Å². The van der Waals surface area contributed by atoms with Gasteiger partial charge in [-0.2, -0.15) is 0 Å². The van der Waals surface area contributed by atoms with E-state index in [-0.39, 0.29) is 32.2 Å². The fourth-order valence-electron chi connectivity index (χ4n) is 5.26. The van der Waals surface area contributed by atoms with Crippen LogP contribution >= 0.6 is 0 Å². The second-order valence-electron chi connectivity index (χ2n) is 14.6. The largest absolute Gasteiger partial charge is 0.477 e. The first kappa shape index (κ1) is 47.8. The molecule has 0 aromatic rings. The van der Waals surface area contributed by atoms with Crippen LogP contribution in [0.2, 0.25) is 0 Å². The summed E-state index contributed by atoms with van der Waals surface area (Å²) in [5.74, 6) is -2.03. The highest BCUT2D eigenvalue weighted by Crippen LogP contribution is 2.13. The van der Waals surface area contributed by atoms with Gasteiger partial charge in [-0.1, -0.05) is 134 Å². The molecule has 0 aromatic heterocycles. The minimum atomic E-state index is -1.51. The summed E-state index contributed by atoms with van der Waals surface area (Å²) in [5, 5.41) is 9.59. The maximum Gasteiger partial charge on any atom is 0.361 e. The lowest BCUT2D eigenvalue weighted by Crippen LogP contribution is -2.40. The van der Waals surface area contributed by atoms with Gasteiger partial charge in [0.25, 0.3) is 6.29 Å². The maximum absolute atomic E-state index is 12.7. The third kappa shape index (κ3) is 34.2. The van der Waals surface area contributed by atoms with Crippen molar-refractivity contribution < 1.29 is 42.9 Å². The molecule has 0 aliphatic heterocycles. The number of hydrogen-bond donors (Lipinski definition) is 1. The van der Waals surface area contributed by atoms with Gasteiger partial charge in [0.1, 0.15) is 13.2 Å². The van der Waals surface area contributed by atoms with E-state index in [9.17, 15) is 19.5 Å². The molecule has 0 fully saturated rings. The van der Waals surface area contributed by atoms with Crippen LogP contribution in [0.1, 0.15) is 162 Å². The third-order valence-electron chi connectivity index (χ3n) is 8.46. The quantitative estimate of drug-likeness (QED) is 0.0225. The average Bonchev–Trinajstić information content (AvgIpc) is 3.06. The summed E-state index contributed by atoms with van der Waals surface area (Å²) in [6.45, 7) is 4.79. The van der Waals surface area contributed by atoms with Crippen molar-refractivity contribution in [3.05, 3.63) is 24.3 Å². The minimum Gasteiger partial charge on any atom is -0.477 e. The molecule has 9 heteroatoms. The number of allylic oxidation sites excluding steroid dienone is 4. The van der Waals surface area contributed by atoms with Crippen LogP contribution in [-0.2, 0) is 33.3 Å². The van der Waals surface area contributed by atoms with Gasteiger partial charge in [-0.25, -0.2) is 4.79 Å². The van der Waals surface area contributed by atoms with Crippen molar-refractivity contribution in [2.24, 2.45) is 0 Å². The predicted molar refractivity (Wildman–Crippen MR) is 203 cm³/mol. The van der Waals surface area contributed by atoms with Crippen LogP contribution in [0.25, 0.3) is 0 Å². The Morgan fingerprint density at radius 2 is 1.10 bits per heavy atom. The Bertz CT molecular complexity index is 882. The topological polar surface area (TPSA) is 108 Å². The van der Waals surface area contributed by atoms with Crippen molar-refractivity contribution in [1.29, 1.82) is 0 Å². The molecule has 0 spiro atoms. The SMILES string of the molecule is CCCC/C=C\C/C=C\CCCCCCCC(=O)OC(COC(=O)CCCCCCCCCCCCC)COC(OCC[N+](C)(C)C)C(=O)O. The van der Waals surface area contributed by atoms with Gasteiger partial charge in [-0.15, -0.1) is 0 Å². The van der Waals surface area contributed by atoms with Crippen molar-refractivity contribution in [3.8, 4) is 0 Å². The zero-order chi connectivity index (χ0) is 37.1. The first-order valence-corrected chi connectivity index (χ1v) is 20.0. The van der Waals surface area contributed by atoms with Crippen LogP contribution in [0.3, 0.4) is 0 Å². The average molecular weight is 711 g/mol. The zero-order valence-electron chi connectivity index (χ0n) is 32.8. The molecule has 0 radical (unpaired) electrons. The first-order valence-electron chi connectivity index (χ1n) is 20.0. The van der Waals surface area contributed by atoms with Gasteiger partial charge >= 0.3 is 17.9 Å². The summed E-state index contributed by atoms with van der Waals surface area (Å²) in [5.41, 5.74) is 0. The van der Waals surface area contributed by atoms with E-state index >= 15 is 0 Å². The van der Waals surface area contributed by atoms with E-state index in [4.69, 9.17) is 18.9 Å². The number of unbranched alkanes of at least 4 members (excludes halogenated alkanes) is 17. The smallest absolute Gasteiger partial charge is 0.361 e. The van der Waals surface area contributed by atoms with E-state index < -0.39 is 24.3 Å². The van der Waals surface area contributed by atoms with E-state index in [0.29, 0.717) is 23.9 Å². The molecule has 0 rings (SSSR count). The number of ether oxygens (including phenoxy) is 4. The van der Waals surface area contributed by atoms with Gasteiger partial charge in [-0.05, 0) is 38.5 Å². The van der Waals surface area contributed by atoms with Crippen molar-refractivity contribution in [2.45, 2.75) is 174 Å². The number of carbonyl (C=O) groups excluding carboxylic acids is 2. The third-order valence-corrected chi connectivity index (χ3v) is 8.46. The fraction of sp³-hybridized carbons (Fsp3) is 0.829. The van der Waals surface area contributed by atoms with Gasteiger partial charge in [0.2, 0.25) is 0 Å². The monoisotopic (exact) mass is 711 g/mol. The molecule has 0 amide bonds. The van der Waals surface area contributed by atoms with Crippen molar-refractivity contribution in [2.75, 3.05) is 47.5 Å². The Labute approximate surface area is 306 Å². The van der Waals surface area contributed by atoms with Crippen molar-refractivity contribution in [3.63, 3.8) is 0 Å². The van der Waals surface area contributed by atoms with E-state index in [2.05, 4.69) is 38.2 Å². The summed E-state index contributed by atoms with van der Waals surface area (Å²) in [7, 11) is 5.94. The van der Waals surface area contributed by atoms with Crippen LogP contribution < -0.4 is 0 Å². The summed E-state index contributed by atoms with van der Waals surface area (Å²) < 4.78 is 22.6. The number of carboxylic acids is 1. The van der Waals surface area contributed by atoms with Crippen LogP contribution in [0.5, 0.6) is 0 Å². The Morgan fingerprint density at radius 3 is 1.64 bits per heavy atom. The summed E-state index contributed by atoms with van der Waals surface area (Å²) in [4.78, 5) is 36.9. The Kier molecular flexibility index (Phi) is 32.4. The number of rotatable bonds is 36. The molecule has 0 heterocycles. The summed E-state index contributed by atoms with van der Waals surface area (Å²) in [6.07, 6.45) is 30.9. The molecule has 0 aliphatic carbocycles. The predicted octanol–water partition coefficient (Wildman–Crippen LogP) is 9.72. The molecule has 292 valence electrons. The van der Waals surface area contributed by atoms with E-state index in [1.807, 2.05) is 21.1 Å². The molecule has 1 N–H and O–H groups in total. The molecule has 50 heavy (non-hydrogen) atoms. The molecular weight excluding hydrogens is 634 g/mol. The molecule has 0 bridgehead atoms. The van der Waals surface area contributed by atoms with E-state index in [1.165, 1.54) is 64.2 Å². The Morgan fingerprint density at radius 1 is 0.600 bits per heavy atom. The molecule has 0 aliphatic rings.